The fourth-order valence-electron chi connectivity index (χ4n) is 1.66. The van der Waals surface area contributed by atoms with E-state index in [1.54, 1.807) is 6.92 Å². The monoisotopic (exact) mass is 310 g/mol. The van der Waals surface area contributed by atoms with Crippen molar-refractivity contribution >= 4 is 11.8 Å². The van der Waals surface area contributed by atoms with E-state index in [4.69, 9.17) is 4.42 Å². The highest BCUT2D eigenvalue weighted by atomic mass is 19.3. The SMILES string of the molecule is Cc1occc1C(=O)NNC(=O)c1ccc(OC(F)F)cc1. The van der Waals surface area contributed by atoms with Crippen LogP contribution in [0.1, 0.15) is 26.5 Å². The Morgan fingerprint density at radius 1 is 1.09 bits per heavy atom. The second kappa shape index (κ2) is 6.70. The van der Waals surface area contributed by atoms with Crippen LogP contribution < -0.4 is 15.6 Å². The molecule has 0 saturated heterocycles. The zero-order chi connectivity index (χ0) is 16.1. The van der Waals surface area contributed by atoms with Crippen molar-refractivity contribution in [2.45, 2.75) is 13.5 Å². The summed E-state index contributed by atoms with van der Waals surface area (Å²) in [5.41, 5.74) is 4.89. The normalized spacial score (nSPS) is 10.4. The molecule has 0 aliphatic carbocycles. The molecular formula is C14H12F2N2O4. The first-order chi connectivity index (χ1) is 10.5. The first-order valence-electron chi connectivity index (χ1n) is 6.17. The minimum absolute atomic E-state index is 0.0652. The molecule has 0 bridgehead atoms. The number of furan rings is 1. The van der Waals surface area contributed by atoms with Gasteiger partial charge in [-0.3, -0.25) is 20.4 Å². The molecule has 8 heteroatoms. The predicted molar refractivity (Wildman–Crippen MR) is 71.5 cm³/mol. The number of carbonyl (C=O) groups excluding carboxylic acids is 2. The number of halogens is 2. The lowest BCUT2D eigenvalue weighted by molar-refractivity contribution is -0.0498. The van der Waals surface area contributed by atoms with Gasteiger partial charge in [0.25, 0.3) is 11.8 Å². The Balaban J connectivity index is 1.92. The van der Waals surface area contributed by atoms with Crippen LogP contribution in [0, 0.1) is 6.92 Å². The van der Waals surface area contributed by atoms with Gasteiger partial charge in [-0.1, -0.05) is 0 Å². The minimum Gasteiger partial charge on any atom is -0.469 e. The number of aryl methyl sites for hydroxylation is 1. The number of carbonyl (C=O) groups is 2. The van der Waals surface area contributed by atoms with Gasteiger partial charge in [-0.2, -0.15) is 8.78 Å². The summed E-state index contributed by atoms with van der Waals surface area (Å²) in [5, 5.41) is 0. The number of ether oxygens (including phenoxy) is 1. The number of amides is 2. The van der Waals surface area contributed by atoms with E-state index in [9.17, 15) is 18.4 Å². The molecule has 2 aromatic rings. The second-order valence-electron chi connectivity index (χ2n) is 4.20. The number of nitrogens with one attached hydrogen (secondary N) is 2. The summed E-state index contributed by atoms with van der Waals surface area (Å²) in [6, 6.07) is 6.50. The van der Waals surface area contributed by atoms with Crippen LogP contribution in [0.15, 0.2) is 41.0 Å². The Hall–Kier alpha value is -2.90. The van der Waals surface area contributed by atoms with Crippen molar-refractivity contribution in [3.63, 3.8) is 0 Å². The van der Waals surface area contributed by atoms with Crippen LogP contribution in [-0.4, -0.2) is 18.4 Å². The maximum Gasteiger partial charge on any atom is 0.387 e. The third kappa shape index (κ3) is 3.81. The Kier molecular flexibility index (Phi) is 4.72. The van der Waals surface area contributed by atoms with E-state index in [1.807, 2.05) is 0 Å². The molecule has 0 aliphatic heterocycles. The molecule has 1 heterocycles. The Morgan fingerprint density at radius 3 is 2.27 bits per heavy atom. The van der Waals surface area contributed by atoms with Gasteiger partial charge in [-0.05, 0) is 37.3 Å². The van der Waals surface area contributed by atoms with Crippen LogP contribution in [0.5, 0.6) is 5.75 Å². The fraction of sp³-hybridized carbons (Fsp3) is 0.143. The third-order valence-corrected chi connectivity index (χ3v) is 2.73. The van der Waals surface area contributed by atoms with Gasteiger partial charge >= 0.3 is 6.61 Å². The maximum absolute atomic E-state index is 12.0. The van der Waals surface area contributed by atoms with Crippen molar-refractivity contribution in [2.24, 2.45) is 0 Å². The summed E-state index contributed by atoms with van der Waals surface area (Å²) >= 11 is 0. The Bertz CT molecular complexity index is 668. The number of hydrogen-bond acceptors (Lipinski definition) is 4. The fourth-order valence-corrected chi connectivity index (χ4v) is 1.66. The van der Waals surface area contributed by atoms with Gasteiger partial charge in [0.1, 0.15) is 11.5 Å². The quantitative estimate of drug-likeness (QED) is 0.849. The molecule has 6 nitrogen and oxygen atoms in total. The smallest absolute Gasteiger partial charge is 0.387 e. The molecule has 0 unspecified atom stereocenters. The molecule has 116 valence electrons. The molecule has 0 spiro atoms. The van der Waals surface area contributed by atoms with Crippen molar-refractivity contribution < 1.29 is 27.5 Å². The second-order valence-corrected chi connectivity index (χ2v) is 4.20. The van der Waals surface area contributed by atoms with Gasteiger partial charge in [-0.15, -0.1) is 0 Å². The highest BCUT2D eigenvalue weighted by Crippen LogP contribution is 2.14. The lowest BCUT2D eigenvalue weighted by Gasteiger charge is -2.08. The van der Waals surface area contributed by atoms with Gasteiger partial charge in [-0.25, -0.2) is 0 Å². The molecule has 0 saturated carbocycles. The summed E-state index contributed by atoms with van der Waals surface area (Å²) in [6.45, 7) is -1.32. The van der Waals surface area contributed by atoms with E-state index in [0.717, 1.165) is 0 Å². The zero-order valence-electron chi connectivity index (χ0n) is 11.4. The summed E-state index contributed by atoms with van der Waals surface area (Å²) in [5.74, 6) is -0.778. The molecule has 2 amide bonds. The Labute approximate surface area is 124 Å². The number of rotatable bonds is 4. The predicted octanol–water partition coefficient (Wildman–Crippen LogP) is 2.26. The topological polar surface area (TPSA) is 80.6 Å². The summed E-state index contributed by atoms with van der Waals surface area (Å²) in [4.78, 5) is 23.5. The molecule has 2 rings (SSSR count). The van der Waals surface area contributed by atoms with Crippen molar-refractivity contribution in [2.75, 3.05) is 0 Å². The van der Waals surface area contributed by atoms with Crippen LogP contribution in [0.2, 0.25) is 0 Å². The van der Waals surface area contributed by atoms with Crippen LogP contribution in [0.4, 0.5) is 8.78 Å². The van der Waals surface area contributed by atoms with Crippen LogP contribution in [-0.2, 0) is 0 Å². The van der Waals surface area contributed by atoms with Crippen LogP contribution in [0.25, 0.3) is 0 Å². The molecular weight excluding hydrogens is 298 g/mol. The lowest BCUT2D eigenvalue weighted by Crippen LogP contribution is -2.41. The lowest BCUT2D eigenvalue weighted by atomic mass is 10.2. The first-order valence-corrected chi connectivity index (χ1v) is 6.17. The van der Waals surface area contributed by atoms with Gasteiger partial charge in [0, 0.05) is 5.56 Å². The van der Waals surface area contributed by atoms with Crippen molar-refractivity contribution in [1.82, 2.24) is 10.9 Å². The largest absolute Gasteiger partial charge is 0.469 e. The van der Waals surface area contributed by atoms with E-state index >= 15 is 0 Å². The summed E-state index contributed by atoms with van der Waals surface area (Å²) in [7, 11) is 0. The van der Waals surface area contributed by atoms with Gasteiger partial charge in [0.15, 0.2) is 0 Å². The zero-order valence-corrected chi connectivity index (χ0v) is 11.4. The molecule has 1 aromatic carbocycles. The molecule has 0 atom stereocenters. The first kappa shape index (κ1) is 15.5. The minimum atomic E-state index is -2.93. The molecule has 0 fully saturated rings. The highest BCUT2D eigenvalue weighted by Gasteiger charge is 2.13. The standard InChI is InChI=1S/C14H12F2N2O4/c1-8-11(6-7-21-8)13(20)18-17-12(19)9-2-4-10(5-3-9)22-14(15)16/h2-7,14H,1H3,(H,17,19)(H,18,20). The van der Waals surface area contributed by atoms with Crippen molar-refractivity contribution in [1.29, 1.82) is 0 Å². The maximum atomic E-state index is 12.0. The van der Waals surface area contributed by atoms with E-state index in [1.165, 1.54) is 36.6 Å². The molecule has 0 aliphatic rings. The average molecular weight is 310 g/mol. The van der Waals surface area contributed by atoms with Gasteiger partial charge < -0.3 is 9.15 Å². The highest BCUT2D eigenvalue weighted by molar-refractivity contribution is 5.99. The number of benzene rings is 1. The molecule has 0 radical (unpaired) electrons. The summed E-state index contributed by atoms with van der Waals surface area (Å²) in [6.07, 6.45) is 1.35. The van der Waals surface area contributed by atoms with Crippen LogP contribution in [0.3, 0.4) is 0 Å². The van der Waals surface area contributed by atoms with E-state index in [2.05, 4.69) is 15.6 Å². The molecule has 1 aromatic heterocycles. The number of alkyl halides is 2. The van der Waals surface area contributed by atoms with Gasteiger partial charge in [0.05, 0.1) is 11.8 Å². The van der Waals surface area contributed by atoms with Gasteiger partial charge in [0.2, 0.25) is 0 Å². The van der Waals surface area contributed by atoms with E-state index < -0.39 is 18.4 Å². The Morgan fingerprint density at radius 2 is 1.73 bits per heavy atom. The van der Waals surface area contributed by atoms with E-state index in [-0.39, 0.29) is 11.3 Å². The number of hydrazine groups is 1. The summed E-state index contributed by atoms with van der Waals surface area (Å²) < 4.78 is 33.1. The number of hydrogen-bond donors (Lipinski definition) is 2. The van der Waals surface area contributed by atoms with E-state index in [0.29, 0.717) is 11.3 Å². The average Bonchev–Trinajstić information content (AvgIpc) is 2.91. The third-order valence-electron chi connectivity index (χ3n) is 2.73. The molecule has 22 heavy (non-hydrogen) atoms. The van der Waals surface area contributed by atoms with Crippen molar-refractivity contribution in [3.05, 3.63) is 53.5 Å². The molecule has 2 N–H and O–H groups in total. The van der Waals surface area contributed by atoms with Crippen LogP contribution >= 0.6 is 0 Å². The van der Waals surface area contributed by atoms with Crippen molar-refractivity contribution in [3.8, 4) is 5.75 Å².